The average Bonchev–Trinajstić information content (AvgIpc) is 2.46. The molecule has 0 aliphatic carbocycles. The van der Waals surface area contributed by atoms with Gasteiger partial charge in [0.05, 0.1) is 0 Å². The molecule has 108 valence electrons. The van der Waals surface area contributed by atoms with Crippen molar-refractivity contribution >= 4 is 33.9 Å². The zero-order valence-electron chi connectivity index (χ0n) is 11.0. The molecule has 0 aliphatic rings. The first-order chi connectivity index (χ1) is 9.12. The zero-order valence-corrected chi connectivity index (χ0v) is 12.7. The van der Waals surface area contributed by atoms with Crippen LogP contribution in [-0.4, -0.2) is 21.8 Å². The van der Waals surface area contributed by atoms with Crippen molar-refractivity contribution in [3.8, 4) is 0 Å². The van der Waals surface area contributed by atoms with Gasteiger partial charge in [0.15, 0.2) is 0 Å². The number of rotatable bonds is 6. The first kappa shape index (κ1) is 17.8. The largest absolute Gasteiger partial charge is 0.321 e. The van der Waals surface area contributed by atoms with E-state index in [9.17, 15) is 0 Å². The average molecular weight is 304 g/mol. The number of hydrogen-bond donors (Lipinski definition) is 4. The summed E-state index contributed by atoms with van der Waals surface area (Å²) in [5.41, 5.74) is 13.8. The third-order valence-electron chi connectivity index (χ3n) is 2.71. The van der Waals surface area contributed by atoms with E-state index in [1.807, 2.05) is 0 Å². The molecular weight excluding hydrogens is 284 g/mol. The van der Waals surface area contributed by atoms with Gasteiger partial charge in [0.25, 0.3) is 0 Å². The summed E-state index contributed by atoms with van der Waals surface area (Å²) in [5.74, 6) is 12.6. The molecule has 0 saturated heterocycles. The number of hydrogen-bond acceptors (Lipinski definition) is 8. The van der Waals surface area contributed by atoms with Crippen molar-refractivity contribution in [2.75, 3.05) is 11.5 Å². The fourth-order valence-corrected chi connectivity index (χ4v) is 3.32. The molecule has 0 bridgehead atoms. The molecule has 0 aromatic heterocycles. The monoisotopic (exact) mass is 304 g/mol. The molecule has 0 radical (unpaired) electrons. The van der Waals surface area contributed by atoms with Crippen LogP contribution < -0.4 is 11.7 Å². The highest BCUT2D eigenvalue weighted by Crippen LogP contribution is 2.25. The number of thioether (sulfide) groups is 2. The van der Waals surface area contributed by atoms with Gasteiger partial charge in [0.2, 0.25) is 10.3 Å². The second-order valence-electron chi connectivity index (χ2n) is 3.81. The van der Waals surface area contributed by atoms with Crippen LogP contribution in [0.5, 0.6) is 0 Å². The van der Waals surface area contributed by atoms with E-state index in [0.29, 0.717) is 11.8 Å². The van der Waals surface area contributed by atoms with Gasteiger partial charge in [0.1, 0.15) is 0 Å². The van der Waals surface area contributed by atoms with Gasteiger partial charge < -0.3 is 11.7 Å². The highest BCUT2D eigenvalue weighted by atomic mass is 32.2. The van der Waals surface area contributed by atoms with Gasteiger partial charge in [-0.25, -0.2) is 11.1 Å². The predicted octanol–water partition coefficient (Wildman–Crippen LogP) is 2.64. The Labute approximate surface area is 121 Å². The molecule has 0 aromatic rings. The van der Waals surface area contributed by atoms with Crippen molar-refractivity contribution in [3.05, 3.63) is 0 Å². The zero-order chi connectivity index (χ0) is 14.7. The minimum Gasteiger partial charge on any atom is -0.321 e. The van der Waals surface area contributed by atoms with Gasteiger partial charge in [0, 0.05) is 11.5 Å². The molecular formula is C9H20N8S2. The number of hydrazone groups is 2. The third kappa shape index (κ3) is 7.11. The molecule has 6 N–H and O–H groups in total. The number of nitrogens with one attached hydrogen (secondary N) is 2. The fraction of sp³-hybridized carbons (Fsp3) is 0.778. The van der Waals surface area contributed by atoms with Crippen LogP contribution in [0.4, 0.5) is 0 Å². The maximum absolute atomic E-state index is 6.90. The van der Waals surface area contributed by atoms with E-state index in [-0.39, 0.29) is 10.3 Å². The van der Waals surface area contributed by atoms with Crippen molar-refractivity contribution in [1.29, 1.82) is 11.1 Å². The van der Waals surface area contributed by atoms with Gasteiger partial charge in [-0.05, 0) is 11.8 Å². The third-order valence-corrected chi connectivity index (χ3v) is 4.81. The molecule has 0 spiro atoms. The van der Waals surface area contributed by atoms with Crippen LogP contribution in [0.15, 0.2) is 20.4 Å². The normalized spacial score (nSPS) is 15.9. The lowest BCUT2D eigenvalue weighted by molar-refractivity contribution is 0.421. The van der Waals surface area contributed by atoms with Crippen LogP contribution in [0, 0.1) is 22.9 Å². The lowest BCUT2D eigenvalue weighted by Crippen LogP contribution is -2.18. The molecule has 0 fully saturated rings. The molecule has 19 heavy (non-hydrogen) atoms. The van der Waals surface area contributed by atoms with Crippen molar-refractivity contribution in [3.63, 3.8) is 0 Å². The van der Waals surface area contributed by atoms with E-state index in [0.717, 1.165) is 17.9 Å². The summed E-state index contributed by atoms with van der Waals surface area (Å²) in [5, 5.41) is 13.8. The topological polar surface area (TPSA) is 149 Å². The SMILES string of the molecule is CCC(C)C(CSC(N=N)=NN)CSC(N=N)=NN. The molecule has 1 unspecified atom stereocenters. The highest BCUT2D eigenvalue weighted by molar-refractivity contribution is 8.14. The maximum Gasteiger partial charge on any atom is 0.226 e. The molecule has 1 atom stereocenters. The summed E-state index contributed by atoms with van der Waals surface area (Å²) >= 11 is 2.70. The number of nitrogens with zero attached hydrogens (tertiary/aromatic N) is 4. The highest BCUT2D eigenvalue weighted by Gasteiger charge is 2.18. The quantitative estimate of drug-likeness (QED) is 0.196. The van der Waals surface area contributed by atoms with Gasteiger partial charge in [-0.2, -0.15) is 10.2 Å². The number of nitrogens with two attached hydrogens (primary N) is 2. The van der Waals surface area contributed by atoms with E-state index >= 15 is 0 Å². The van der Waals surface area contributed by atoms with Crippen LogP contribution in [0.2, 0.25) is 0 Å². The van der Waals surface area contributed by atoms with E-state index < -0.39 is 0 Å². The minimum absolute atomic E-state index is 0.260. The standard InChI is InChI=1S/C9H20N8S2/c1-3-6(2)7(4-18-8(14-10)15-11)5-19-9(16-12)17-13/h6-7,10,12H,3-5,11,13H2,1-2H3. The lowest BCUT2D eigenvalue weighted by atomic mass is 9.95. The smallest absolute Gasteiger partial charge is 0.226 e. The Morgan fingerprint density at radius 3 is 1.74 bits per heavy atom. The second-order valence-corrected chi connectivity index (χ2v) is 5.79. The Hall–Kier alpha value is -1.16. The Morgan fingerprint density at radius 2 is 1.47 bits per heavy atom. The van der Waals surface area contributed by atoms with Crippen LogP contribution in [0.25, 0.3) is 0 Å². The Morgan fingerprint density at radius 1 is 1.05 bits per heavy atom. The van der Waals surface area contributed by atoms with Crippen LogP contribution in [-0.2, 0) is 0 Å². The molecule has 8 nitrogen and oxygen atoms in total. The maximum atomic E-state index is 6.90. The van der Waals surface area contributed by atoms with Crippen LogP contribution in [0.1, 0.15) is 20.3 Å². The van der Waals surface area contributed by atoms with Crippen molar-refractivity contribution in [2.24, 2.45) is 44.0 Å². The molecule has 0 rings (SSSR count). The van der Waals surface area contributed by atoms with E-state index in [4.69, 9.17) is 22.7 Å². The molecule has 0 amide bonds. The Kier molecular flexibility index (Phi) is 10.1. The van der Waals surface area contributed by atoms with E-state index in [2.05, 4.69) is 34.3 Å². The van der Waals surface area contributed by atoms with Gasteiger partial charge in [-0.1, -0.05) is 43.8 Å². The summed E-state index contributed by atoms with van der Waals surface area (Å²) in [6, 6.07) is 0. The first-order valence-electron chi connectivity index (χ1n) is 5.69. The van der Waals surface area contributed by atoms with Crippen LogP contribution >= 0.6 is 23.5 Å². The fourth-order valence-electron chi connectivity index (χ4n) is 1.27. The summed E-state index contributed by atoms with van der Waals surface area (Å²) in [6.07, 6.45) is 1.03. The summed E-state index contributed by atoms with van der Waals surface area (Å²) in [4.78, 5) is 0. The second kappa shape index (κ2) is 10.7. The predicted molar refractivity (Wildman–Crippen MR) is 81.4 cm³/mol. The van der Waals surface area contributed by atoms with Crippen molar-refractivity contribution in [1.82, 2.24) is 0 Å². The van der Waals surface area contributed by atoms with E-state index in [1.54, 1.807) is 0 Å². The molecule has 0 aliphatic heterocycles. The first-order valence-corrected chi connectivity index (χ1v) is 7.66. The van der Waals surface area contributed by atoms with Crippen molar-refractivity contribution in [2.45, 2.75) is 20.3 Å². The molecule has 0 heterocycles. The number of amidine groups is 2. The Balaban J connectivity index is 4.47. The molecule has 0 aromatic carbocycles. The Bertz CT molecular complexity index is 315. The minimum atomic E-state index is 0.260. The summed E-state index contributed by atoms with van der Waals surface area (Å²) < 4.78 is 0. The van der Waals surface area contributed by atoms with Crippen LogP contribution in [0.3, 0.4) is 0 Å². The lowest BCUT2D eigenvalue weighted by Gasteiger charge is -2.21. The van der Waals surface area contributed by atoms with Gasteiger partial charge >= 0.3 is 0 Å². The summed E-state index contributed by atoms with van der Waals surface area (Å²) in [6.45, 7) is 4.27. The molecule has 10 heteroatoms. The molecule has 0 saturated carbocycles. The van der Waals surface area contributed by atoms with Gasteiger partial charge in [-0.15, -0.1) is 10.2 Å². The summed E-state index contributed by atoms with van der Waals surface area (Å²) in [7, 11) is 0. The van der Waals surface area contributed by atoms with E-state index in [1.165, 1.54) is 23.5 Å². The van der Waals surface area contributed by atoms with Crippen molar-refractivity contribution < 1.29 is 0 Å². The van der Waals surface area contributed by atoms with Gasteiger partial charge in [-0.3, -0.25) is 0 Å².